The molecule has 0 spiro atoms. The van der Waals surface area contributed by atoms with Gasteiger partial charge in [0.25, 0.3) is 0 Å². The summed E-state index contributed by atoms with van der Waals surface area (Å²) in [6.07, 6.45) is 0.150. The van der Waals surface area contributed by atoms with E-state index in [4.69, 9.17) is 0 Å². The fourth-order valence-electron chi connectivity index (χ4n) is 0.863. The zero-order chi connectivity index (χ0) is 8.48. The molecule has 1 heterocycles. The van der Waals surface area contributed by atoms with Crippen LogP contribution in [-0.2, 0) is 18.8 Å². The minimum absolute atomic E-state index is 0.106. The molecule has 64 valence electrons. The monoisotopic (exact) mass is 178 g/mol. The molecule has 0 aromatic heterocycles. The SMILES string of the molecule is C=C(C)CC1COS(=O)(=O)O1. The fraction of sp³-hybridized carbons (Fsp3) is 0.667. The third-order valence-electron chi connectivity index (χ3n) is 1.23. The van der Waals surface area contributed by atoms with E-state index in [1.165, 1.54) is 0 Å². The largest absolute Gasteiger partial charge is 0.400 e. The summed E-state index contributed by atoms with van der Waals surface area (Å²) in [5.41, 5.74) is 0.885. The van der Waals surface area contributed by atoms with Crippen molar-refractivity contribution in [1.82, 2.24) is 0 Å². The minimum atomic E-state index is -3.68. The predicted molar refractivity (Wildman–Crippen MR) is 39.2 cm³/mol. The summed E-state index contributed by atoms with van der Waals surface area (Å²) in [6.45, 7) is 5.56. The maximum Gasteiger partial charge on any atom is 0.400 e. The first kappa shape index (κ1) is 8.70. The van der Waals surface area contributed by atoms with Crippen LogP contribution in [0.4, 0.5) is 0 Å². The van der Waals surface area contributed by atoms with Gasteiger partial charge in [-0.1, -0.05) is 5.57 Å². The van der Waals surface area contributed by atoms with Gasteiger partial charge in [0, 0.05) is 0 Å². The molecule has 0 aliphatic carbocycles. The van der Waals surface area contributed by atoms with Crippen LogP contribution < -0.4 is 0 Å². The maximum absolute atomic E-state index is 10.5. The Bertz CT molecular complexity index is 254. The van der Waals surface area contributed by atoms with Crippen LogP contribution >= 0.6 is 0 Å². The molecule has 4 nitrogen and oxygen atoms in total. The number of hydrogen-bond donors (Lipinski definition) is 0. The van der Waals surface area contributed by atoms with Crippen molar-refractivity contribution in [2.24, 2.45) is 0 Å². The highest BCUT2D eigenvalue weighted by molar-refractivity contribution is 7.82. The normalized spacial score (nSPS) is 28.6. The van der Waals surface area contributed by atoms with Gasteiger partial charge in [-0.05, 0) is 13.3 Å². The van der Waals surface area contributed by atoms with Crippen molar-refractivity contribution in [3.63, 3.8) is 0 Å². The van der Waals surface area contributed by atoms with Crippen LogP contribution in [0.2, 0.25) is 0 Å². The van der Waals surface area contributed by atoms with E-state index in [1.807, 2.05) is 6.92 Å². The summed E-state index contributed by atoms with van der Waals surface area (Å²) in [5.74, 6) is 0. The first-order chi connectivity index (χ1) is 4.99. The summed E-state index contributed by atoms with van der Waals surface area (Å²) in [5, 5.41) is 0. The molecular weight excluding hydrogens is 168 g/mol. The maximum atomic E-state index is 10.5. The Morgan fingerprint density at radius 1 is 1.73 bits per heavy atom. The van der Waals surface area contributed by atoms with Gasteiger partial charge in [-0.2, -0.15) is 8.42 Å². The third kappa shape index (κ3) is 2.61. The van der Waals surface area contributed by atoms with Crippen LogP contribution in [0, 0.1) is 0 Å². The van der Waals surface area contributed by atoms with E-state index in [1.54, 1.807) is 0 Å². The summed E-state index contributed by atoms with van der Waals surface area (Å²) in [4.78, 5) is 0. The Morgan fingerprint density at radius 2 is 2.36 bits per heavy atom. The summed E-state index contributed by atoms with van der Waals surface area (Å²) in [6, 6.07) is 0. The van der Waals surface area contributed by atoms with Crippen molar-refractivity contribution in [2.45, 2.75) is 19.4 Å². The van der Waals surface area contributed by atoms with Crippen molar-refractivity contribution < 1.29 is 16.8 Å². The van der Waals surface area contributed by atoms with Crippen LogP contribution in [0.1, 0.15) is 13.3 Å². The highest BCUT2D eigenvalue weighted by atomic mass is 32.3. The van der Waals surface area contributed by atoms with Crippen molar-refractivity contribution in [1.29, 1.82) is 0 Å². The summed E-state index contributed by atoms with van der Waals surface area (Å²) in [7, 11) is -3.68. The molecule has 0 saturated carbocycles. The quantitative estimate of drug-likeness (QED) is 0.581. The van der Waals surface area contributed by atoms with Gasteiger partial charge in [0.15, 0.2) is 0 Å². The Labute approximate surface area is 66.1 Å². The van der Waals surface area contributed by atoms with Crippen LogP contribution in [0.25, 0.3) is 0 Å². The molecule has 1 fully saturated rings. The zero-order valence-electron chi connectivity index (χ0n) is 6.24. The van der Waals surface area contributed by atoms with Gasteiger partial charge in [0.2, 0.25) is 0 Å². The van der Waals surface area contributed by atoms with Crippen LogP contribution in [0.5, 0.6) is 0 Å². The average molecular weight is 178 g/mol. The molecule has 0 aromatic carbocycles. The van der Waals surface area contributed by atoms with Gasteiger partial charge in [0.05, 0.1) is 6.61 Å². The lowest BCUT2D eigenvalue weighted by molar-refractivity contribution is 0.236. The van der Waals surface area contributed by atoms with E-state index in [0.717, 1.165) is 5.57 Å². The first-order valence-electron chi connectivity index (χ1n) is 3.21. The molecule has 1 saturated heterocycles. The smallest absolute Gasteiger partial charge is 0.245 e. The van der Waals surface area contributed by atoms with E-state index in [9.17, 15) is 8.42 Å². The molecule has 1 unspecified atom stereocenters. The van der Waals surface area contributed by atoms with Gasteiger partial charge in [0.1, 0.15) is 6.10 Å². The van der Waals surface area contributed by atoms with E-state index in [-0.39, 0.29) is 12.7 Å². The van der Waals surface area contributed by atoms with Gasteiger partial charge >= 0.3 is 10.4 Å². The number of rotatable bonds is 2. The van der Waals surface area contributed by atoms with Gasteiger partial charge < -0.3 is 0 Å². The Balaban J connectivity index is 2.49. The van der Waals surface area contributed by atoms with E-state index in [2.05, 4.69) is 14.9 Å². The molecule has 0 amide bonds. The Hall–Kier alpha value is -0.390. The second-order valence-electron chi connectivity index (χ2n) is 2.57. The molecule has 11 heavy (non-hydrogen) atoms. The minimum Gasteiger partial charge on any atom is -0.245 e. The highest BCUT2D eigenvalue weighted by Gasteiger charge is 2.29. The number of hydrogen-bond acceptors (Lipinski definition) is 4. The topological polar surface area (TPSA) is 52.6 Å². The lowest BCUT2D eigenvalue weighted by Crippen LogP contribution is -2.09. The summed E-state index contributed by atoms with van der Waals surface area (Å²) < 4.78 is 30.0. The van der Waals surface area contributed by atoms with Gasteiger partial charge in [-0.3, -0.25) is 0 Å². The van der Waals surface area contributed by atoms with Crippen molar-refractivity contribution in [3.8, 4) is 0 Å². The Kier molecular flexibility index (Phi) is 2.31. The second kappa shape index (κ2) is 2.92. The van der Waals surface area contributed by atoms with E-state index in [0.29, 0.717) is 6.42 Å². The molecule has 5 heteroatoms. The van der Waals surface area contributed by atoms with Crippen LogP contribution in [-0.4, -0.2) is 21.1 Å². The molecular formula is C6H10O4S. The van der Waals surface area contributed by atoms with E-state index >= 15 is 0 Å². The molecule has 1 aliphatic heterocycles. The average Bonchev–Trinajstić information content (AvgIpc) is 2.08. The molecule has 0 N–H and O–H groups in total. The molecule has 1 rings (SSSR count). The lowest BCUT2D eigenvalue weighted by atomic mass is 10.2. The van der Waals surface area contributed by atoms with Crippen LogP contribution in [0.3, 0.4) is 0 Å². The lowest BCUT2D eigenvalue weighted by Gasteiger charge is -2.02. The van der Waals surface area contributed by atoms with Crippen LogP contribution in [0.15, 0.2) is 12.2 Å². The Morgan fingerprint density at radius 3 is 2.73 bits per heavy atom. The molecule has 0 aromatic rings. The molecule has 0 bridgehead atoms. The zero-order valence-corrected chi connectivity index (χ0v) is 7.06. The fourth-order valence-corrected chi connectivity index (χ4v) is 1.69. The highest BCUT2D eigenvalue weighted by Crippen LogP contribution is 2.17. The molecule has 1 atom stereocenters. The molecule has 1 aliphatic rings. The van der Waals surface area contributed by atoms with Crippen molar-refractivity contribution in [2.75, 3.05) is 6.61 Å². The second-order valence-corrected chi connectivity index (χ2v) is 3.82. The first-order valence-corrected chi connectivity index (χ1v) is 4.55. The van der Waals surface area contributed by atoms with Crippen molar-refractivity contribution in [3.05, 3.63) is 12.2 Å². The standard InChI is InChI=1S/C6H10O4S/c1-5(2)3-6-4-9-11(7,8)10-6/h6H,1,3-4H2,2H3. The van der Waals surface area contributed by atoms with E-state index < -0.39 is 10.4 Å². The third-order valence-corrected chi connectivity index (χ3v) is 2.16. The summed E-state index contributed by atoms with van der Waals surface area (Å²) >= 11 is 0. The predicted octanol–water partition coefficient (Wildman–Crippen LogP) is 0.613. The van der Waals surface area contributed by atoms with Gasteiger partial charge in [-0.15, -0.1) is 6.58 Å². The van der Waals surface area contributed by atoms with Gasteiger partial charge in [-0.25, -0.2) is 8.37 Å². The van der Waals surface area contributed by atoms with Crippen molar-refractivity contribution >= 4 is 10.4 Å². The molecule has 0 radical (unpaired) electrons.